The zero-order chi connectivity index (χ0) is 10.9. The molecule has 1 unspecified atom stereocenters. The third-order valence-electron chi connectivity index (χ3n) is 2.38. The molecule has 2 heteroatoms. The zero-order valence-corrected chi connectivity index (χ0v) is 9.32. The maximum atomic E-state index is 5.74. The van der Waals surface area contributed by atoms with E-state index in [2.05, 4.69) is 29.6 Å². The Morgan fingerprint density at radius 1 is 1.33 bits per heavy atom. The van der Waals surface area contributed by atoms with Gasteiger partial charge >= 0.3 is 0 Å². The molecule has 0 saturated heterocycles. The second kappa shape index (κ2) is 7.21. The van der Waals surface area contributed by atoms with Crippen LogP contribution in [0.2, 0.25) is 0 Å². The molecule has 1 aromatic rings. The van der Waals surface area contributed by atoms with Crippen LogP contribution in [-0.2, 0) is 0 Å². The molecular formula is C13H20N2. The van der Waals surface area contributed by atoms with Crippen molar-refractivity contribution < 1.29 is 0 Å². The van der Waals surface area contributed by atoms with Crippen molar-refractivity contribution in [2.45, 2.75) is 19.4 Å². The molecule has 0 spiro atoms. The smallest absolute Gasteiger partial charge is 0.0444 e. The minimum absolute atomic E-state index is 0.274. The molecule has 82 valence electrons. The topological polar surface area (TPSA) is 38.0 Å². The average molecular weight is 204 g/mol. The van der Waals surface area contributed by atoms with Crippen LogP contribution in [0.15, 0.2) is 42.5 Å². The summed E-state index contributed by atoms with van der Waals surface area (Å²) in [6.07, 6.45) is 5.28. The number of benzene rings is 1. The first kappa shape index (κ1) is 12.0. The third-order valence-corrected chi connectivity index (χ3v) is 2.38. The van der Waals surface area contributed by atoms with E-state index in [4.69, 9.17) is 5.73 Å². The number of hydrogen-bond acceptors (Lipinski definition) is 2. The quantitative estimate of drug-likeness (QED) is 0.551. The predicted octanol–water partition coefficient (Wildman–Crippen LogP) is 2.24. The summed E-state index contributed by atoms with van der Waals surface area (Å²) in [5.41, 5.74) is 7.00. The largest absolute Gasteiger partial charge is 0.329 e. The van der Waals surface area contributed by atoms with Crippen LogP contribution in [0.3, 0.4) is 0 Å². The van der Waals surface area contributed by atoms with E-state index in [0.29, 0.717) is 6.54 Å². The van der Waals surface area contributed by atoms with Crippen molar-refractivity contribution in [3.63, 3.8) is 0 Å². The molecule has 0 saturated carbocycles. The van der Waals surface area contributed by atoms with Crippen LogP contribution in [0, 0.1) is 0 Å². The zero-order valence-electron chi connectivity index (χ0n) is 9.32. The molecule has 1 aromatic carbocycles. The Balaban J connectivity index is 2.43. The van der Waals surface area contributed by atoms with Crippen LogP contribution in [0.25, 0.3) is 0 Å². The van der Waals surface area contributed by atoms with Gasteiger partial charge in [0.25, 0.3) is 0 Å². The fourth-order valence-electron chi connectivity index (χ4n) is 1.53. The summed E-state index contributed by atoms with van der Waals surface area (Å²) in [6.45, 7) is 3.65. The number of rotatable bonds is 6. The van der Waals surface area contributed by atoms with Gasteiger partial charge in [0.2, 0.25) is 0 Å². The molecule has 0 aliphatic heterocycles. The van der Waals surface area contributed by atoms with E-state index in [1.54, 1.807) is 0 Å². The summed E-state index contributed by atoms with van der Waals surface area (Å²) >= 11 is 0. The van der Waals surface area contributed by atoms with E-state index in [-0.39, 0.29) is 6.04 Å². The van der Waals surface area contributed by atoms with E-state index in [1.165, 1.54) is 5.56 Å². The maximum Gasteiger partial charge on any atom is 0.0444 e. The van der Waals surface area contributed by atoms with E-state index >= 15 is 0 Å². The standard InChI is InChI=1S/C13H20N2/c1-2-3-7-10-15-13(11-14)12-8-5-4-6-9-12/h2-6,8-9,13,15H,7,10-11,14H2,1H3/b3-2+. The van der Waals surface area contributed by atoms with Gasteiger partial charge in [0.1, 0.15) is 0 Å². The SMILES string of the molecule is C/C=C/CCNC(CN)c1ccccc1. The molecule has 0 aliphatic rings. The van der Waals surface area contributed by atoms with Crippen LogP contribution in [0.1, 0.15) is 24.9 Å². The molecule has 0 bridgehead atoms. The molecule has 0 aromatic heterocycles. The highest BCUT2D eigenvalue weighted by Crippen LogP contribution is 2.10. The van der Waals surface area contributed by atoms with Crippen molar-refractivity contribution in [3.8, 4) is 0 Å². The Morgan fingerprint density at radius 3 is 2.67 bits per heavy atom. The molecule has 0 aliphatic carbocycles. The fraction of sp³-hybridized carbons (Fsp3) is 0.385. The molecule has 0 amide bonds. The summed E-state index contributed by atoms with van der Waals surface area (Å²) < 4.78 is 0. The van der Waals surface area contributed by atoms with Crippen LogP contribution in [0.4, 0.5) is 0 Å². The average Bonchev–Trinajstić information content (AvgIpc) is 2.30. The van der Waals surface area contributed by atoms with Gasteiger partial charge in [-0.1, -0.05) is 42.5 Å². The number of hydrogen-bond donors (Lipinski definition) is 2. The lowest BCUT2D eigenvalue weighted by molar-refractivity contribution is 0.548. The lowest BCUT2D eigenvalue weighted by atomic mass is 10.1. The normalized spacial score (nSPS) is 13.2. The van der Waals surface area contributed by atoms with Crippen molar-refractivity contribution >= 4 is 0 Å². The maximum absolute atomic E-state index is 5.74. The van der Waals surface area contributed by atoms with Gasteiger partial charge in [-0.25, -0.2) is 0 Å². The molecule has 0 heterocycles. The molecule has 15 heavy (non-hydrogen) atoms. The Morgan fingerprint density at radius 2 is 2.07 bits per heavy atom. The van der Waals surface area contributed by atoms with Gasteiger partial charge in [-0.3, -0.25) is 0 Å². The lowest BCUT2D eigenvalue weighted by Gasteiger charge is -2.16. The molecule has 3 N–H and O–H groups in total. The van der Waals surface area contributed by atoms with E-state index in [1.807, 2.05) is 25.1 Å². The third kappa shape index (κ3) is 4.28. The highest BCUT2D eigenvalue weighted by Gasteiger charge is 2.06. The summed E-state index contributed by atoms with van der Waals surface area (Å²) in [6, 6.07) is 10.6. The first-order valence-electron chi connectivity index (χ1n) is 5.48. The minimum Gasteiger partial charge on any atom is -0.329 e. The van der Waals surface area contributed by atoms with Crippen molar-refractivity contribution in [1.82, 2.24) is 5.32 Å². The Bertz CT molecular complexity index is 280. The first-order valence-corrected chi connectivity index (χ1v) is 5.48. The van der Waals surface area contributed by atoms with Crippen LogP contribution < -0.4 is 11.1 Å². The molecule has 1 atom stereocenters. The van der Waals surface area contributed by atoms with Gasteiger partial charge in [-0.05, 0) is 25.5 Å². The summed E-state index contributed by atoms with van der Waals surface area (Å²) in [4.78, 5) is 0. The summed E-state index contributed by atoms with van der Waals surface area (Å²) in [7, 11) is 0. The van der Waals surface area contributed by atoms with Gasteiger partial charge < -0.3 is 11.1 Å². The Kier molecular flexibility index (Phi) is 5.74. The fourth-order valence-corrected chi connectivity index (χ4v) is 1.53. The van der Waals surface area contributed by atoms with E-state index in [0.717, 1.165) is 13.0 Å². The van der Waals surface area contributed by atoms with Crippen LogP contribution >= 0.6 is 0 Å². The molecule has 0 radical (unpaired) electrons. The van der Waals surface area contributed by atoms with Gasteiger partial charge in [0.15, 0.2) is 0 Å². The van der Waals surface area contributed by atoms with E-state index in [9.17, 15) is 0 Å². The highest BCUT2D eigenvalue weighted by atomic mass is 14.9. The van der Waals surface area contributed by atoms with Crippen molar-refractivity contribution in [1.29, 1.82) is 0 Å². The Labute approximate surface area is 92.2 Å². The van der Waals surface area contributed by atoms with Crippen molar-refractivity contribution in [2.24, 2.45) is 5.73 Å². The summed E-state index contributed by atoms with van der Waals surface area (Å²) in [5.74, 6) is 0. The first-order chi connectivity index (χ1) is 7.38. The molecule has 1 rings (SSSR count). The van der Waals surface area contributed by atoms with Gasteiger partial charge in [-0.15, -0.1) is 0 Å². The lowest BCUT2D eigenvalue weighted by Crippen LogP contribution is -2.28. The van der Waals surface area contributed by atoms with Gasteiger partial charge in [-0.2, -0.15) is 0 Å². The van der Waals surface area contributed by atoms with Gasteiger partial charge in [0.05, 0.1) is 0 Å². The molecule has 2 nitrogen and oxygen atoms in total. The Hall–Kier alpha value is -1.12. The second-order valence-corrected chi connectivity index (χ2v) is 3.51. The predicted molar refractivity (Wildman–Crippen MR) is 65.7 cm³/mol. The van der Waals surface area contributed by atoms with Crippen LogP contribution in [0.5, 0.6) is 0 Å². The monoisotopic (exact) mass is 204 g/mol. The van der Waals surface area contributed by atoms with Crippen molar-refractivity contribution in [3.05, 3.63) is 48.0 Å². The van der Waals surface area contributed by atoms with Gasteiger partial charge in [0, 0.05) is 12.6 Å². The van der Waals surface area contributed by atoms with Crippen molar-refractivity contribution in [2.75, 3.05) is 13.1 Å². The highest BCUT2D eigenvalue weighted by molar-refractivity contribution is 5.19. The minimum atomic E-state index is 0.274. The van der Waals surface area contributed by atoms with Crippen LogP contribution in [-0.4, -0.2) is 13.1 Å². The molecule has 0 fully saturated rings. The number of nitrogens with one attached hydrogen (secondary N) is 1. The number of allylic oxidation sites excluding steroid dienone is 1. The summed E-state index contributed by atoms with van der Waals surface area (Å²) in [5, 5.41) is 3.44. The van der Waals surface area contributed by atoms with E-state index < -0.39 is 0 Å². The second-order valence-electron chi connectivity index (χ2n) is 3.51. The molecular weight excluding hydrogens is 184 g/mol. The number of nitrogens with two attached hydrogens (primary N) is 1.